The Morgan fingerprint density at radius 1 is 1.12 bits per heavy atom. The van der Waals surface area contributed by atoms with Crippen LogP contribution in [0.2, 0.25) is 0 Å². The third-order valence-electron chi connectivity index (χ3n) is 5.77. The Bertz CT molecular complexity index is 697. The first-order valence-corrected chi connectivity index (χ1v) is 9.09. The van der Waals surface area contributed by atoms with Crippen LogP contribution in [0.3, 0.4) is 0 Å². The van der Waals surface area contributed by atoms with Crippen molar-refractivity contribution in [3.8, 4) is 0 Å². The van der Waals surface area contributed by atoms with Gasteiger partial charge in [-0.2, -0.15) is 0 Å². The highest BCUT2D eigenvalue weighted by molar-refractivity contribution is 6.09. The quantitative estimate of drug-likeness (QED) is 0.857. The van der Waals surface area contributed by atoms with Crippen LogP contribution in [-0.2, 0) is 9.59 Å². The number of benzene rings is 1. The number of likely N-dealkylation sites (tertiary alicyclic amines) is 1. The van der Waals surface area contributed by atoms with Crippen LogP contribution in [0, 0.1) is 0 Å². The smallest absolute Gasteiger partial charge is 0.325 e. The molecule has 2 aliphatic heterocycles. The monoisotopic (exact) mass is 341 g/mol. The van der Waals surface area contributed by atoms with E-state index in [1.165, 1.54) is 0 Å². The van der Waals surface area contributed by atoms with Crippen molar-refractivity contribution in [2.45, 2.75) is 50.1 Å². The highest BCUT2D eigenvalue weighted by atomic mass is 16.2. The molecule has 1 unspecified atom stereocenters. The Morgan fingerprint density at radius 3 is 2.48 bits per heavy atom. The molecular weight excluding hydrogens is 318 g/mol. The Labute approximate surface area is 147 Å². The average molecular weight is 341 g/mol. The van der Waals surface area contributed by atoms with Gasteiger partial charge in [0.2, 0.25) is 5.91 Å². The van der Waals surface area contributed by atoms with E-state index in [0.717, 1.165) is 36.1 Å². The van der Waals surface area contributed by atoms with E-state index in [1.54, 1.807) is 4.90 Å². The standard InChI is InChI=1S/C19H23N3O3/c23-16(21-12-9-15(21)14-7-3-1-4-8-14)13-22-17(24)19(20-18(22)25)10-5-2-6-11-19/h1,3-4,7-8,15H,2,5-6,9-13H2,(H,20,25). The first-order valence-electron chi connectivity index (χ1n) is 9.09. The molecule has 2 saturated heterocycles. The zero-order chi connectivity index (χ0) is 17.4. The van der Waals surface area contributed by atoms with Crippen LogP contribution in [0.5, 0.6) is 0 Å². The van der Waals surface area contributed by atoms with Crippen molar-refractivity contribution >= 4 is 17.8 Å². The van der Waals surface area contributed by atoms with Gasteiger partial charge in [-0.05, 0) is 24.8 Å². The van der Waals surface area contributed by atoms with Crippen LogP contribution in [-0.4, -0.2) is 46.3 Å². The first-order chi connectivity index (χ1) is 12.1. The molecule has 1 N–H and O–H groups in total. The van der Waals surface area contributed by atoms with Crippen molar-refractivity contribution < 1.29 is 14.4 Å². The molecule has 1 aromatic rings. The van der Waals surface area contributed by atoms with Gasteiger partial charge in [-0.15, -0.1) is 0 Å². The van der Waals surface area contributed by atoms with E-state index >= 15 is 0 Å². The summed E-state index contributed by atoms with van der Waals surface area (Å²) < 4.78 is 0. The van der Waals surface area contributed by atoms with Gasteiger partial charge in [-0.25, -0.2) is 4.79 Å². The zero-order valence-corrected chi connectivity index (χ0v) is 14.2. The summed E-state index contributed by atoms with van der Waals surface area (Å²) in [5, 5.41) is 2.86. The topological polar surface area (TPSA) is 69.7 Å². The highest BCUT2D eigenvalue weighted by Crippen LogP contribution is 2.35. The maximum atomic E-state index is 12.8. The second kappa shape index (κ2) is 6.17. The molecule has 0 bridgehead atoms. The molecule has 3 fully saturated rings. The molecule has 4 rings (SSSR count). The fraction of sp³-hybridized carbons (Fsp3) is 0.526. The number of hydrogen-bond donors (Lipinski definition) is 1. The minimum Gasteiger partial charge on any atom is -0.334 e. The third kappa shape index (κ3) is 2.69. The number of nitrogens with zero attached hydrogens (tertiary/aromatic N) is 2. The summed E-state index contributed by atoms with van der Waals surface area (Å²) in [7, 11) is 0. The summed E-state index contributed by atoms with van der Waals surface area (Å²) >= 11 is 0. The Balaban J connectivity index is 1.44. The number of amides is 4. The summed E-state index contributed by atoms with van der Waals surface area (Å²) in [5.74, 6) is -0.376. The molecule has 1 spiro atoms. The lowest BCUT2D eigenvalue weighted by atomic mass is 9.82. The number of carbonyl (C=O) groups excluding carboxylic acids is 3. The van der Waals surface area contributed by atoms with Crippen molar-refractivity contribution in [3.05, 3.63) is 35.9 Å². The van der Waals surface area contributed by atoms with Crippen LogP contribution in [0.25, 0.3) is 0 Å². The van der Waals surface area contributed by atoms with Crippen LogP contribution in [0.4, 0.5) is 4.79 Å². The van der Waals surface area contributed by atoms with Gasteiger partial charge in [-0.3, -0.25) is 14.5 Å². The van der Waals surface area contributed by atoms with E-state index in [9.17, 15) is 14.4 Å². The highest BCUT2D eigenvalue weighted by Gasteiger charge is 2.52. The van der Waals surface area contributed by atoms with Crippen molar-refractivity contribution in [2.24, 2.45) is 0 Å². The molecule has 3 aliphatic rings. The summed E-state index contributed by atoms with van der Waals surface area (Å²) in [6.07, 6.45) is 5.25. The minimum absolute atomic E-state index is 0.0538. The lowest BCUT2D eigenvalue weighted by Gasteiger charge is -2.42. The second-order valence-electron chi connectivity index (χ2n) is 7.27. The lowest BCUT2D eigenvalue weighted by molar-refractivity contribution is -0.144. The number of carbonyl (C=O) groups is 3. The lowest BCUT2D eigenvalue weighted by Crippen LogP contribution is -2.51. The Hall–Kier alpha value is -2.37. The van der Waals surface area contributed by atoms with Crippen molar-refractivity contribution in [1.29, 1.82) is 0 Å². The summed E-state index contributed by atoms with van der Waals surface area (Å²) in [4.78, 5) is 40.6. The molecule has 0 aromatic heterocycles. The minimum atomic E-state index is -0.761. The number of imide groups is 1. The fourth-order valence-corrected chi connectivity index (χ4v) is 4.25. The zero-order valence-electron chi connectivity index (χ0n) is 14.2. The van der Waals surface area contributed by atoms with Crippen molar-refractivity contribution in [2.75, 3.05) is 13.1 Å². The van der Waals surface area contributed by atoms with E-state index in [1.807, 2.05) is 30.3 Å². The van der Waals surface area contributed by atoms with E-state index < -0.39 is 11.6 Å². The van der Waals surface area contributed by atoms with Crippen LogP contribution >= 0.6 is 0 Å². The molecular formula is C19H23N3O3. The molecule has 1 atom stereocenters. The van der Waals surface area contributed by atoms with Gasteiger partial charge in [0.25, 0.3) is 5.91 Å². The van der Waals surface area contributed by atoms with Gasteiger partial charge in [-0.1, -0.05) is 49.6 Å². The average Bonchev–Trinajstić information content (AvgIpc) is 2.80. The predicted molar refractivity (Wildman–Crippen MR) is 91.6 cm³/mol. The molecule has 6 heteroatoms. The van der Waals surface area contributed by atoms with Gasteiger partial charge in [0, 0.05) is 6.54 Å². The number of hydrogen-bond acceptors (Lipinski definition) is 3. The normalized spacial score (nSPS) is 25.0. The Morgan fingerprint density at radius 2 is 1.84 bits per heavy atom. The van der Waals surface area contributed by atoms with Crippen LogP contribution in [0.1, 0.15) is 50.1 Å². The molecule has 1 aromatic carbocycles. The molecule has 1 aliphatic carbocycles. The molecule has 0 radical (unpaired) electrons. The first kappa shape index (κ1) is 16.1. The summed E-state index contributed by atoms with van der Waals surface area (Å²) in [6.45, 7) is 0.517. The van der Waals surface area contributed by atoms with Crippen molar-refractivity contribution in [3.63, 3.8) is 0 Å². The molecule has 132 valence electrons. The number of urea groups is 1. The number of rotatable bonds is 3. The molecule has 6 nitrogen and oxygen atoms in total. The third-order valence-corrected chi connectivity index (χ3v) is 5.77. The molecule has 4 amide bonds. The maximum absolute atomic E-state index is 12.8. The van der Waals surface area contributed by atoms with E-state index in [-0.39, 0.29) is 24.4 Å². The van der Waals surface area contributed by atoms with E-state index in [4.69, 9.17) is 0 Å². The van der Waals surface area contributed by atoms with Crippen molar-refractivity contribution in [1.82, 2.24) is 15.1 Å². The van der Waals surface area contributed by atoms with E-state index in [2.05, 4.69) is 5.32 Å². The van der Waals surface area contributed by atoms with Gasteiger partial charge in [0.05, 0.1) is 6.04 Å². The van der Waals surface area contributed by atoms with Gasteiger partial charge >= 0.3 is 6.03 Å². The van der Waals surface area contributed by atoms with Gasteiger partial charge in [0.1, 0.15) is 12.1 Å². The SMILES string of the molecule is O=C1NC2(CCCCC2)C(=O)N1CC(=O)N1CCC1c1ccccc1. The Kier molecular flexibility index (Phi) is 3.98. The van der Waals surface area contributed by atoms with Crippen LogP contribution in [0.15, 0.2) is 30.3 Å². The van der Waals surface area contributed by atoms with Gasteiger partial charge in [0.15, 0.2) is 0 Å². The fourth-order valence-electron chi connectivity index (χ4n) is 4.25. The summed E-state index contributed by atoms with van der Waals surface area (Å²) in [5.41, 5.74) is 0.340. The maximum Gasteiger partial charge on any atom is 0.325 e. The largest absolute Gasteiger partial charge is 0.334 e. The van der Waals surface area contributed by atoms with Gasteiger partial charge < -0.3 is 10.2 Å². The van der Waals surface area contributed by atoms with E-state index in [0.29, 0.717) is 19.4 Å². The molecule has 2 heterocycles. The molecule has 25 heavy (non-hydrogen) atoms. The summed E-state index contributed by atoms with van der Waals surface area (Å²) in [6, 6.07) is 9.52. The second-order valence-corrected chi connectivity index (χ2v) is 7.27. The number of nitrogens with one attached hydrogen (secondary N) is 1. The van der Waals surface area contributed by atoms with Crippen LogP contribution < -0.4 is 5.32 Å². The molecule has 1 saturated carbocycles. The predicted octanol–water partition coefficient (Wildman–Crippen LogP) is 2.21.